The zero-order chi connectivity index (χ0) is 21.1. The molecule has 3 rings (SSSR count). The summed E-state index contributed by atoms with van der Waals surface area (Å²) in [5, 5.41) is 3.17. The van der Waals surface area contributed by atoms with Crippen LogP contribution in [0.3, 0.4) is 0 Å². The Kier molecular flexibility index (Phi) is 5.95. The molecule has 0 aliphatic heterocycles. The highest BCUT2D eigenvalue weighted by Crippen LogP contribution is 2.28. The van der Waals surface area contributed by atoms with Gasteiger partial charge in [0, 0.05) is 28.0 Å². The smallest absolute Gasteiger partial charge is 0.333 e. The van der Waals surface area contributed by atoms with Crippen molar-refractivity contribution in [3.05, 3.63) is 79.0 Å². The van der Waals surface area contributed by atoms with E-state index in [4.69, 9.17) is 32.7 Å². The lowest BCUT2D eigenvalue weighted by Crippen LogP contribution is -2.38. The minimum atomic E-state index is -0.813. The Bertz CT molecular complexity index is 1180. The maximum atomic E-state index is 12.9. The van der Waals surface area contributed by atoms with Gasteiger partial charge in [-0.15, -0.1) is 0 Å². The molecule has 150 valence electrons. The van der Waals surface area contributed by atoms with Crippen LogP contribution in [-0.4, -0.2) is 29.7 Å². The predicted molar refractivity (Wildman–Crippen MR) is 110 cm³/mol. The molecule has 0 fully saturated rings. The van der Waals surface area contributed by atoms with Gasteiger partial charge in [0.25, 0.3) is 11.5 Å². The second kappa shape index (κ2) is 8.42. The Hall–Kier alpha value is -3.23. The summed E-state index contributed by atoms with van der Waals surface area (Å²) in [5.74, 6) is 0.00555. The van der Waals surface area contributed by atoms with Gasteiger partial charge in [-0.3, -0.25) is 9.59 Å². The van der Waals surface area contributed by atoms with Crippen LogP contribution < -0.4 is 26.0 Å². The van der Waals surface area contributed by atoms with Crippen molar-refractivity contribution in [2.24, 2.45) is 0 Å². The standard InChI is InChI=1S/C19H15Cl2N3O5/c1-28-15-4-3-13(8-16(15)29-2)24-18(26)14(9-22-19(24)27)17(25)23-12-6-10(20)5-11(21)7-12/h3-9H,1-2H3,(H,22,27)(H,23,25). The highest BCUT2D eigenvalue weighted by Gasteiger charge is 2.17. The minimum absolute atomic E-state index is 0.203. The van der Waals surface area contributed by atoms with E-state index in [1.807, 2.05) is 0 Å². The number of benzene rings is 2. The van der Waals surface area contributed by atoms with Gasteiger partial charge >= 0.3 is 5.69 Å². The van der Waals surface area contributed by atoms with Crippen molar-refractivity contribution in [1.82, 2.24) is 9.55 Å². The van der Waals surface area contributed by atoms with Gasteiger partial charge in [0.05, 0.1) is 19.9 Å². The molecule has 1 aromatic heterocycles. The van der Waals surface area contributed by atoms with Crippen LogP contribution in [0.2, 0.25) is 10.0 Å². The van der Waals surface area contributed by atoms with Crippen LogP contribution in [0.15, 0.2) is 52.2 Å². The molecule has 2 N–H and O–H groups in total. The maximum absolute atomic E-state index is 12.9. The summed E-state index contributed by atoms with van der Waals surface area (Å²) in [6.07, 6.45) is 1.05. The lowest BCUT2D eigenvalue weighted by Gasteiger charge is -2.11. The molecular weight excluding hydrogens is 421 g/mol. The molecule has 0 aliphatic rings. The predicted octanol–water partition coefficient (Wildman–Crippen LogP) is 3.10. The van der Waals surface area contributed by atoms with Crippen LogP contribution in [0.25, 0.3) is 5.69 Å². The minimum Gasteiger partial charge on any atom is -0.493 e. The summed E-state index contributed by atoms with van der Waals surface area (Å²) in [6, 6.07) is 8.95. The van der Waals surface area contributed by atoms with Crippen LogP contribution in [0.4, 0.5) is 5.69 Å². The van der Waals surface area contributed by atoms with Crippen molar-refractivity contribution in [1.29, 1.82) is 0 Å². The van der Waals surface area contributed by atoms with E-state index >= 15 is 0 Å². The summed E-state index contributed by atoms with van der Waals surface area (Å²) >= 11 is 11.8. The summed E-state index contributed by atoms with van der Waals surface area (Å²) in [4.78, 5) is 40.1. The van der Waals surface area contributed by atoms with E-state index < -0.39 is 17.2 Å². The third-order valence-electron chi connectivity index (χ3n) is 3.97. The van der Waals surface area contributed by atoms with Crippen molar-refractivity contribution >= 4 is 34.8 Å². The van der Waals surface area contributed by atoms with E-state index in [1.165, 1.54) is 44.6 Å². The molecule has 8 nitrogen and oxygen atoms in total. The Labute approximate surface area is 174 Å². The molecular formula is C19H15Cl2N3O5. The van der Waals surface area contributed by atoms with Crippen LogP contribution in [0.1, 0.15) is 10.4 Å². The molecule has 3 aromatic rings. The zero-order valence-electron chi connectivity index (χ0n) is 15.3. The summed E-state index contributed by atoms with van der Waals surface area (Å²) < 4.78 is 11.2. The number of anilines is 1. The number of hydrogen-bond donors (Lipinski definition) is 2. The third kappa shape index (κ3) is 4.28. The van der Waals surface area contributed by atoms with Crippen molar-refractivity contribution < 1.29 is 14.3 Å². The molecule has 0 spiro atoms. The molecule has 0 unspecified atom stereocenters. The Balaban J connectivity index is 2.04. The SMILES string of the molecule is COc1ccc(-n2c(=O)[nH]cc(C(=O)Nc3cc(Cl)cc(Cl)c3)c2=O)cc1OC. The highest BCUT2D eigenvalue weighted by atomic mass is 35.5. The number of amides is 1. The fourth-order valence-corrected chi connectivity index (χ4v) is 3.18. The molecule has 0 bridgehead atoms. The van der Waals surface area contributed by atoms with Crippen LogP contribution in [0.5, 0.6) is 11.5 Å². The maximum Gasteiger partial charge on any atom is 0.333 e. The van der Waals surface area contributed by atoms with E-state index in [2.05, 4.69) is 10.3 Å². The van der Waals surface area contributed by atoms with Crippen molar-refractivity contribution in [2.45, 2.75) is 0 Å². The second-order valence-corrected chi connectivity index (χ2v) is 6.67. The fourth-order valence-electron chi connectivity index (χ4n) is 2.66. The number of nitrogens with one attached hydrogen (secondary N) is 2. The first-order valence-corrected chi connectivity index (χ1v) is 8.94. The first-order valence-electron chi connectivity index (χ1n) is 8.18. The van der Waals surface area contributed by atoms with Crippen molar-refractivity contribution in [2.75, 3.05) is 19.5 Å². The normalized spacial score (nSPS) is 10.5. The van der Waals surface area contributed by atoms with Gasteiger partial charge in [0.1, 0.15) is 5.56 Å². The van der Waals surface area contributed by atoms with E-state index in [0.29, 0.717) is 27.2 Å². The molecule has 0 atom stereocenters. The highest BCUT2D eigenvalue weighted by molar-refractivity contribution is 6.35. The Morgan fingerprint density at radius 3 is 2.28 bits per heavy atom. The molecule has 29 heavy (non-hydrogen) atoms. The molecule has 1 heterocycles. The van der Waals surface area contributed by atoms with E-state index in [9.17, 15) is 14.4 Å². The number of rotatable bonds is 5. The number of carbonyl (C=O) groups is 1. The summed E-state index contributed by atoms with van der Waals surface area (Å²) in [7, 11) is 2.89. The first kappa shape index (κ1) is 20.5. The van der Waals surface area contributed by atoms with Crippen molar-refractivity contribution in [3.63, 3.8) is 0 Å². The van der Waals surface area contributed by atoms with Gasteiger partial charge < -0.3 is 19.8 Å². The summed E-state index contributed by atoms with van der Waals surface area (Å²) in [5.41, 5.74) is -1.31. The molecule has 10 heteroatoms. The van der Waals surface area contributed by atoms with Crippen LogP contribution in [0, 0.1) is 0 Å². The molecule has 1 amide bonds. The van der Waals surface area contributed by atoms with E-state index in [1.54, 1.807) is 6.07 Å². The topological polar surface area (TPSA) is 102 Å². The van der Waals surface area contributed by atoms with Gasteiger partial charge in [0.2, 0.25) is 0 Å². The third-order valence-corrected chi connectivity index (χ3v) is 4.40. The lowest BCUT2D eigenvalue weighted by molar-refractivity contribution is 0.102. The van der Waals surface area contributed by atoms with Crippen LogP contribution in [-0.2, 0) is 0 Å². The number of H-pyrrole nitrogens is 1. The number of halogens is 2. The average Bonchev–Trinajstić information content (AvgIpc) is 2.67. The molecule has 0 radical (unpaired) electrons. The number of hydrogen-bond acceptors (Lipinski definition) is 5. The number of aromatic amines is 1. The average molecular weight is 436 g/mol. The molecule has 0 aliphatic carbocycles. The molecule has 0 saturated heterocycles. The quantitative estimate of drug-likeness (QED) is 0.640. The van der Waals surface area contributed by atoms with Crippen LogP contribution >= 0.6 is 23.2 Å². The monoisotopic (exact) mass is 435 g/mol. The largest absolute Gasteiger partial charge is 0.493 e. The Morgan fingerprint density at radius 1 is 1.00 bits per heavy atom. The number of methoxy groups -OCH3 is 2. The molecule has 2 aromatic carbocycles. The molecule has 0 saturated carbocycles. The fraction of sp³-hybridized carbons (Fsp3) is 0.105. The van der Waals surface area contributed by atoms with E-state index in [0.717, 1.165) is 10.8 Å². The second-order valence-electron chi connectivity index (χ2n) is 5.80. The van der Waals surface area contributed by atoms with E-state index in [-0.39, 0.29) is 11.3 Å². The number of carbonyl (C=O) groups excluding carboxylic acids is 1. The number of ether oxygens (including phenoxy) is 2. The van der Waals surface area contributed by atoms with Gasteiger partial charge in [-0.2, -0.15) is 0 Å². The lowest BCUT2D eigenvalue weighted by atomic mass is 10.2. The van der Waals surface area contributed by atoms with Crippen molar-refractivity contribution in [3.8, 4) is 17.2 Å². The number of aromatic nitrogens is 2. The van der Waals surface area contributed by atoms with Gasteiger partial charge in [-0.1, -0.05) is 23.2 Å². The zero-order valence-corrected chi connectivity index (χ0v) is 16.8. The first-order chi connectivity index (χ1) is 13.8. The van der Waals surface area contributed by atoms with Gasteiger partial charge in [-0.05, 0) is 30.3 Å². The van der Waals surface area contributed by atoms with Gasteiger partial charge in [-0.25, -0.2) is 9.36 Å². The summed E-state index contributed by atoms with van der Waals surface area (Å²) in [6.45, 7) is 0. The number of nitrogens with zero attached hydrogens (tertiary/aromatic N) is 1. The Morgan fingerprint density at radius 2 is 1.66 bits per heavy atom. The van der Waals surface area contributed by atoms with Gasteiger partial charge in [0.15, 0.2) is 11.5 Å².